The van der Waals surface area contributed by atoms with Crippen LogP contribution in [0.5, 0.6) is 5.75 Å². The fourth-order valence-electron chi connectivity index (χ4n) is 4.04. The Morgan fingerprint density at radius 3 is 3.03 bits per heavy atom. The fraction of sp³-hybridized carbons (Fsp3) is 0.393. The van der Waals surface area contributed by atoms with Crippen molar-refractivity contribution >= 4 is 11.9 Å². The highest BCUT2D eigenvalue weighted by atomic mass is 16.5. The van der Waals surface area contributed by atoms with Crippen molar-refractivity contribution in [2.45, 2.75) is 39.7 Å². The number of aromatic nitrogens is 2. The van der Waals surface area contributed by atoms with Gasteiger partial charge in [-0.15, -0.1) is 0 Å². The number of carbonyl (C=O) groups is 1. The van der Waals surface area contributed by atoms with E-state index in [1.165, 1.54) is 5.57 Å². The molecule has 2 N–H and O–H groups in total. The number of rotatable bonds is 3. The maximum Gasteiger partial charge on any atom is 0.237 e. The zero-order chi connectivity index (χ0) is 24.6. The van der Waals surface area contributed by atoms with Gasteiger partial charge in [0.2, 0.25) is 11.9 Å². The summed E-state index contributed by atoms with van der Waals surface area (Å²) in [6.07, 6.45) is 11.9. The smallest absolute Gasteiger partial charge is 0.237 e. The minimum Gasteiger partial charge on any atom is -0.493 e. The molecule has 1 aromatic carbocycles. The van der Waals surface area contributed by atoms with E-state index < -0.39 is 0 Å². The van der Waals surface area contributed by atoms with Crippen LogP contribution in [0.25, 0.3) is 11.3 Å². The first kappa shape index (κ1) is 24.7. The Kier molecular flexibility index (Phi) is 8.32. The maximum atomic E-state index is 13.0. The molecule has 1 amide bonds. The lowest BCUT2D eigenvalue weighted by Gasteiger charge is -2.28. The first-order valence-corrected chi connectivity index (χ1v) is 12.4. The van der Waals surface area contributed by atoms with Crippen molar-refractivity contribution in [3.63, 3.8) is 0 Å². The molecule has 0 spiro atoms. The van der Waals surface area contributed by atoms with Crippen molar-refractivity contribution in [2.75, 3.05) is 31.6 Å². The van der Waals surface area contributed by atoms with Crippen LogP contribution in [-0.4, -0.2) is 53.1 Å². The number of ether oxygens (including phenoxy) is 1. The summed E-state index contributed by atoms with van der Waals surface area (Å²) in [4.78, 5) is 24.1. The van der Waals surface area contributed by atoms with Crippen LogP contribution in [0.2, 0.25) is 0 Å². The summed E-state index contributed by atoms with van der Waals surface area (Å²) in [7, 11) is 0. The van der Waals surface area contributed by atoms with Crippen molar-refractivity contribution in [1.29, 1.82) is 0 Å². The summed E-state index contributed by atoms with van der Waals surface area (Å²) in [5.74, 6) is 1.80. The highest BCUT2D eigenvalue weighted by Crippen LogP contribution is 2.27. The van der Waals surface area contributed by atoms with E-state index in [0.29, 0.717) is 38.1 Å². The number of amides is 1. The van der Waals surface area contributed by atoms with Crippen molar-refractivity contribution in [1.82, 2.24) is 20.2 Å². The summed E-state index contributed by atoms with van der Waals surface area (Å²) in [5.41, 5.74) is 3.99. The van der Waals surface area contributed by atoms with Gasteiger partial charge >= 0.3 is 0 Å². The van der Waals surface area contributed by atoms with E-state index in [1.807, 2.05) is 49.1 Å². The number of nitrogens with one attached hydrogen (secondary N) is 2. The summed E-state index contributed by atoms with van der Waals surface area (Å²) in [5, 5.41) is 6.62. The molecular formula is C28H35N5O2. The van der Waals surface area contributed by atoms with Gasteiger partial charge in [-0.2, -0.15) is 0 Å². The van der Waals surface area contributed by atoms with Crippen LogP contribution in [0.4, 0.5) is 5.95 Å². The second kappa shape index (κ2) is 11.8. The maximum absolute atomic E-state index is 13.0. The molecule has 1 unspecified atom stereocenters. The molecule has 1 atom stereocenters. The molecule has 6 bridgehead atoms. The zero-order valence-corrected chi connectivity index (χ0v) is 20.8. The molecule has 0 saturated heterocycles. The fourth-order valence-corrected chi connectivity index (χ4v) is 4.04. The average molecular weight is 474 g/mol. The van der Waals surface area contributed by atoms with Gasteiger partial charge in [0.1, 0.15) is 5.75 Å². The Bertz CT molecular complexity index is 1120. The van der Waals surface area contributed by atoms with Crippen LogP contribution >= 0.6 is 0 Å². The molecular weight excluding hydrogens is 438 g/mol. The molecule has 2 aliphatic rings. The van der Waals surface area contributed by atoms with Crippen molar-refractivity contribution in [3.8, 4) is 17.0 Å². The molecule has 35 heavy (non-hydrogen) atoms. The molecule has 1 aliphatic heterocycles. The third kappa shape index (κ3) is 7.02. The second-order valence-corrected chi connectivity index (χ2v) is 9.35. The van der Waals surface area contributed by atoms with Gasteiger partial charge in [-0.25, -0.2) is 9.97 Å². The molecule has 1 aromatic heterocycles. The predicted octanol–water partition coefficient (Wildman–Crippen LogP) is 4.57. The van der Waals surface area contributed by atoms with Gasteiger partial charge in [-0.1, -0.05) is 51.1 Å². The molecule has 2 heterocycles. The van der Waals surface area contributed by atoms with Gasteiger partial charge in [0, 0.05) is 36.6 Å². The van der Waals surface area contributed by atoms with E-state index in [2.05, 4.69) is 46.8 Å². The quantitative estimate of drug-likeness (QED) is 0.636. The lowest BCUT2D eigenvalue weighted by Crippen LogP contribution is -2.41. The standard InChI is InChI=1S/C28H35N5O2/c1-20(2)30-18-27(34)33-14-5-4-6-15-35-25-9-7-8-22(17-25)26-12-13-29-28(32-26)31-24-11-10-21(3)23(16-24)19-33/h4-5,7-9,11-13,16-17,20-21,30H,6,10,14-15,18-19H2,1-3H3,(H,29,31,32)/b5-4+. The predicted molar refractivity (Wildman–Crippen MR) is 140 cm³/mol. The molecule has 4 rings (SSSR count). The number of fused-ring (bicyclic) bond motifs is 6. The normalized spacial score (nSPS) is 19.4. The second-order valence-electron chi connectivity index (χ2n) is 9.35. The van der Waals surface area contributed by atoms with Gasteiger partial charge < -0.3 is 20.3 Å². The third-order valence-electron chi connectivity index (χ3n) is 6.14. The van der Waals surface area contributed by atoms with E-state index >= 15 is 0 Å². The Morgan fingerprint density at radius 2 is 2.17 bits per heavy atom. The van der Waals surface area contributed by atoms with Crippen LogP contribution in [0.1, 0.15) is 33.6 Å². The van der Waals surface area contributed by atoms with Crippen molar-refractivity contribution in [2.24, 2.45) is 5.92 Å². The number of nitrogens with zero attached hydrogens (tertiary/aromatic N) is 3. The number of hydrogen-bond donors (Lipinski definition) is 2. The van der Waals surface area contributed by atoms with Crippen molar-refractivity contribution in [3.05, 3.63) is 72.1 Å². The largest absolute Gasteiger partial charge is 0.493 e. The minimum absolute atomic E-state index is 0.0963. The first-order chi connectivity index (χ1) is 17.0. The van der Waals surface area contributed by atoms with Gasteiger partial charge in [0.15, 0.2) is 0 Å². The molecule has 0 saturated carbocycles. The molecule has 0 radical (unpaired) electrons. The Balaban J connectivity index is 1.62. The van der Waals surface area contributed by atoms with Gasteiger partial charge in [0.25, 0.3) is 0 Å². The SMILES string of the molecule is CC(C)NCC(=O)N1C/C=C/CCOc2cccc(c2)-c2ccnc(n2)NC2=CCC(C)C(=C2)C1. The lowest BCUT2D eigenvalue weighted by atomic mass is 9.91. The first-order valence-electron chi connectivity index (χ1n) is 12.4. The van der Waals surface area contributed by atoms with E-state index in [-0.39, 0.29) is 11.9 Å². The molecule has 7 heteroatoms. The van der Waals surface area contributed by atoms with Crippen LogP contribution < -0.4 is 15.4 Å². The summed E-state index contributed by atoms with van der Waals surface area (Å²) < 4.78 is 5.96. The molecule has 184 valence electrons. The van der Waals surface area contributed by atoms with E-state index in [9.17, 15) is 4.79 Å². The highest BCUT2D eigenvalue weighted by molar-refractivity contribution is 5.78. The lowest BCUT2D eigenvalue weighted by molar-refractivity contribution is -0.129. The van der Waals surface area contributed by atoms with E-state index in [1.54, 1.807) is 6.20 Å². The minimum atomic E-state index is 0.0963. The molecule has 2 aromatic rings. The number of allylic oxidation sites excluding steroid dienone is 2. The Labute approximate surface area is 208 Å². The average Bonchev–Trinajstić information content (AvgIpc) is 2.85. The van der Waals surface area contributed by atoms with Gasteiger partial charge in [0.05, 0.1) is 18.8 Å². The zero-order valence-electron chi connectivity index (χ0n) is 20.8. The number of benzene rings is 1. The van der Waals surface area contributed by atoms with Crippen LogP contribution in [0.15, 0.2) is 72.1 Å². The Hall–Kier alpha value is -3.45. The number of anilines is 1. The summed E-state index contributed by atoms with van der Waals surface area (Å²) >= 11 is 0. The molecule has 0 fully saturated rings. The van der Waals surface area contributed by atoms with E-state index in [0.717, 1.165) is 35.5 Å². The highest BCUT2D eigenvalue weighted by Gasteiger charge is 2.20. The molecule has 7 nitrogen and oxygen atoms in total. The Morgan fingerprint density at radius 1 is 1.29 bits per heavy atom. The summed E-state index contributed by atoms with van der Waals surface area (Å²) in [6, 6.07) is 10.1. The number of carbonyl (C=O) groups excluding carboxylic acids is 1. The monoisotopic (exact) mass is 473 g/mol. The number of hydrogen-bond acceptors (Lipinski definition) is 6. The van der Waals surface area contributed by atoms with Crippen LogP contribution in [-0.2, 0) is 4.79 Å². The molecule has 1 aliphatic carbocycles. The third-order valence-corrected chi connectivity index (χ3v) is 6.14. The van der Waals surface area contributed by atoms with Crippen LogP contribution in [0.3, 0.4) is 0 Å². The summed E-state index contributed by atoms with van der Waals surface area (Å²) in [6.45, 7) is 8.35. The van der Waals surface area contributed by atoms with Gasteiger partial charge in [-0.05, 0) is 48.6 Å². The van der Waals surface area contributed by atoms with Gasteiger partial charge in [-0.3, -0.25) is 4.79 Å². The van der Waals surface area contributed by atoms with Crippen molar-refractivity contribution < 1.29 is 9.53 Å². The van der Waals surface area contributed by atoms with Crippen LogP contribution in [0, 0.1) is 5.92 Å². The van der Waals surface area contributed by atoms with E-state index in [4.69, 9.17) is 9.72 Å². The topological polar surface area (TPSA) is 79.4 Å².